The van der Waals surface area contributed by atoms with E-state index in [0.717, 1.165) is 18.4 Å². The summed E-state index contributed by atoms with van der Waals surface area (Å²) in [5, 5.41) is 11.7. The van der Waals surface area contributed by atoms with Gasteiger partial charge in [0.25, 0.3) is 10.7 Å². The molecule has 1 amide bonds. The van der Waals surface area contributed by atoms with E-state index in [4.69, 9.17) is 21.9 Å². The molecule has 1 atom stereocenters. The Morgan fingerprint density at radius 1 is 1.58 bits per heavy atom. The number of nitrogens with one attached hydrogen (secondary N) is 2. The highest BCUT2D eigenvalue weighted by molar-refractivity contribution is 7.71. The molecule has 2 aromatic rings. The normalized spacial score (nSPS) is 15.9. The first-order chi connectivity index (χ1) is 9.17. The SMILES string of the molecule is N#C[C@H](NC(=O)c1ccc2[nH]c(=S)oc2c1)C1CC1. The van der Waals surface area contributed by atoms with E-state index in [9.17, 15) is 4.79 Å². The number of aromatic amines is 1. The largest absolute Gasteiger partial charge is 0.429 e. The van der Waals surface area contributed by atoms with Crippen LogP contribution >= 0.6 is 12.2 Å². The molecule has 5 nitrogen and oxygen atoms in total. The highest BCUT2D eigenvalue weighted by atomic mass is 32.1. The Labute approximate surface area is 114 Å². The van der Waals surface area contributed by atoms with Crippen LogP contribution in [0, 0.1) is 22.1 Å². The highest BCUT2D eigenvalue weighted by Crippen LogP contribution is 2.32. The van der Waals surface area contributed by atoms with Crippen LogP contribution in [0.2, 0.25) is 0 Å². The summed E-state index contributed by atoms with van der Waals surface area (Å²) in [6.45, 7) is 0. The molecular weight excluding hydrogens is 262 g/mol. The highest BCUT2D eigenvalue weighted by Gasteiger charge is 2.32. The summed E-state index contributed by atoms with van der Waals surface area (Å²) in [7, 11) is 0. The van der Waals surface area contributed by atoms with Crippen LogP contribution in [0.1, 0.15) is 23.2 Å². The Bertz CT molecular complexity index is 736. The summed E-state index contributed by atoms with van der Waals surface area (Å²) in [4.78, 5) is 15.2. The lowest BCUT2D eigenvalue weighted by Gasteiger charge is -2.10. The van der Waals surface area contributed by atoms with Crippen LogP contribution in [-0.2, 0) is 0 Å². The topological polar surface area (TPSA) is 81.8 Å². The second-order valence-electron chi connectivity index (χ2n) is 4.64. The van der Waals surface area contributed by atoms with E-state index < -0.39 is 6.04 Å². The Morgan fingerprint density at radius 3 is 3.05 bits per heavy atom. The number of benzene rings is 1. The van der Waals surface area contributed by atoms with E-state index in [2.05, 4.69) is 16.4 Å². The number of nitriles is 1. The van der Waals surface area contributed by atoms with E-state index in [1.54, 1.807) is 18.2 Å². The third-order valence-corrected chi connectivity index (χ3v) is 3.39. The molecule has 0 saturated heterocycles. The molecule has 0 aliphatic heterocycles. The van der Waals surface area contributed by atoms with Gasteiger partial charge < -0.3 is 14.7 Å². The molecule has 1 aromatic heterocycles. The third-order valence-electron chi connectivity index (χ3n) is 3.20. The van der Waals surface area contributed by atoms with Crippen LogP contribution in [0.5, 0.6) is 0 Å². The number of aromatic nitrogens is 1. The number of hydrogen-bond donors (Lipinski definition) is 2. The zero-order chi connectivity index (χ0) is 13.4. The van der Waals surface area contributed by atoms with Gasteiger partial charge in [-0.3, -0.25) is 4.79 Å². The van der Waals surface area contributed by atoms with E-state index in [1.807, 2.05) is 0 Å². The Balaban J connectivity index is 1.84. The molecule has 0 unspecified atom stereocenters. The molecule has 1 saturated carbocycles. The summed E-state index contributed by atoms with van der Waals surface area (Å²) in [5.41, 5.74) is 1.75. The molecule has 1 aliphatic rings. The van der Waals surface area contributed by atoms with Crippen molar-refractivity contribution in [1.29, 1.82) is 5.26 Å². The standard InChI is InChI=1S/C13H11N3O2S/c14-6-10(7-1-2-7)15-12(17)8-3-4-9-11(5-8)18-13(19)16-9/h3-5,7,10H,1-2H2,(H,15,17)(H,16,19)/t10-/m0/s1. The third kappa shape index (κ3) is 2.37. The van der Waals surface area contributed by atoms with Gasteiger partial charge in [-0.25, -0.2) is 0 Å². The number of amides is 1. The summed E-state index contributed by atoms with van der Waals surface area (Å²) >= 11 is 4.89. The molecule has 0 radical (unpaired) electrons. The van der Waals surface area contributed by atoms with Crippen molar-refractivity contribution < 1.29 is 9.21 Å². The van der Waals surface area contributed by atoms with Crippen molar-refractivity contribution in [2.24, 2.45) is 5.92 Å². The van der Waals surface area contributed by atoms with Crippen LogP contribution in [0.25, 0.3) is 11.1 Å². The summed E-state index contributed by atoms with van der Waals surface area (Å²) in [5.74, 6) is 0.0385. The lowest BCUT2D eigenvalue weighted by molar-refractivity contribution is 0.0942. The van der Waals surface area contributed by atoms with Crippen LogP contribution in [0.3, 0.4) is 0 Å². The maximum Gasteiger partial charge on any atom is 0.266 e. The van der Waals surface area contributed by atoms with Gasteiger partial charge in [-0.1, -0.05) is 0 Å². The molecule has 1 heterocycles. The number of carbonyl (C=O) groups is 1. The van der Waals surface area contributed by atoms with E-state index in [1.165, 1.54) is 0 Å². The second kappa shape index (κ2) is 4.52. The molecular formula is C13H11N3O2S. The second-order valence-corrected chi connectivity index (χ2v) is 5.01. The molecule has 1 aromatic carbocycles. The van der Waals surface area contributed by atoms with Crippen molar-refractivity contribution in [1.82, 2.24) is 10.3 Å². The summed E-state index contributed by atoms with van der Waals surface area (Å²) < 4.78 is 5.26. The maximum atomic E-state index is 12.1. The molecule has 1 aliphatic carbocycles. The molecule has 0 bridgehead atoms. The Morgan fingerprint density at radius 2 is 2.37 bits per heavy atom. The predicted molar refractivity (Wildman–Crippen MR) is 71.0 cm³/mol. The number of rotatable bonds is 3. The van der Waals surface area contributed by atoms with Crippen LogP contribution in [-0.4, -0.2) is 16.9 Å². The number of hydrogen-bond acceptors (Lipinski definition) is 4. The Hall–Kier alpha value is -2.13. The fourth-order valence-corrected chi connectivity index (χ4v) is 2.20. The van der Waals surface area contributed by atoms with Gasteiger partial charge in [0.2, 0.25) is 0 Å². The molecule has 2 N–H and O–H groups in total. The zero-order valence-electron chi connectivity index (χ0n) is 9.97. The first-order valence-corrected chi connectivity index (χ1v) is 6.41. The van der Waals surface area contributed by atoms with Gasteiger partial charge in [0.15, 0.2) is 5.58 Å². The van der Waals surface area contributed by atoms with Gasteiger partial charge in [0, 0.05) is 5.56 Å². The first kappa shape index (κ1) is 11.9. The average molecular weight is 273 g/mol. The fourth-order valence-electron chi connectivity index (χ4n) is 2.00. The summed E-state index contributed by atoms with van der Waals surface area (Å²) in [6.07, 6.45) is 2.01. The van der Waals surface area contributed by atoms with Crippen molar-refractivity contribution in [2.75, 3.05) is 0 Å². The maximum absolute atomic E-state index is 12.1. The van der Waals surface area contributed by atoms with Gasteiger partial charge in [0.1, 0.15) is 6.04 Å². The number of H-pyrrole nitrogens is 1. The van der Waals surface area contributed by atoms with Crippen LogP contribution in [0.4, 0.5) is 0 Å². The quantitative estimate of drug-likeness (QED) is 0.842. The number of nitrogens with zero attached hydrogens (tertiary/aromatic N) is 1. The number of oxazole rings is 1. The average Bonchev–Trinajstić information content (AvgIpc) is 3.16. The van der Waals surface area contributed by atoms with Crippen molar-refractivity contribution in [3.8, 4) is 6.07 Å². The van der Waals surface area contributed by atoms with Gasteiger partial charge in [-0.15, -0.1) is 0 Å². The van der Waals surface area contributed by atoms with Gasteiger partial charge >= 0.3 is 0 Å². The monoisotopic (exact) mass is 273 g/mol. The first-order valence-electron chi connectivity index (χ1n) is 6.01. The minimum Gasteiger partial charge on any atom is -0.429 e. The van der Waals surface area contributed by atoms with Crippen molar-refractivity contribution in [3.63, 3.8) is 0 Å². The molecule has 3 rings (SSSR count). The lowest BCUT2D eigenvalue weighted by Crippen LogP contribution is -2.35. The molecule has 1 fully saturated rings. The summed E-state index contributed by atoms with van der Waals surface area (Å²) in [6, 6.07) is 6.77. The smallest absolute Gasteiger partial charge is 0.266 e. The van der Waals surface area contributed by atoms with Crippen molar-refractivity contribution in [2.45, 2.75) is 18.9 Å². The van der Waals surface area contributed by atoms with Gasteiger partial charge in [-0.05, 0) is 49.2 Å². The Kier molecular flexibility index (Phi) is 2.84. The molecule has 0 spiro atoms. The fraction of sp³-hybridized carbons (Fsp3) is 0.308. The number of fused-ring (bicyclic) bond motifs is 1. The van der Waals surface area contributed by atoms with Crippen molar-refractivity contribution in [3.05, 3.63) is 28.6 Å². The van der Waals surface area contributed by atoms with Crippen LogP contribution < -0.4 is 5.32 Å². The zero-order valence-corrected chi connectivity index (χ0v) is 10.8. The number of carbonyl (C=O) groups excluding carboxylic acids is 1. The van der Waals surface area contributed by atoms with Gasteiger partial charge in [0.05, 0.1) is 11.6 Å². The van der Waals surface area contributed by atoms with E-state index in [-0.39, 0.29) is 10.7 Å². The predicted octanol–water partition coefficient (Wildman–Crippen LogP) is 2.52. The van der Waals surface area contributed by atoms with Crippen molar-refractivity contribution >= 4 is 29.2 Å². The molecule has 96 valence electrons. The van der Waals surface area contributed by atoms with Crippen LogP contribution in [0.15, 0.2) is 22.6 Å². The molecule has 19 heavy (non-hydrogen) atoms. The van der Waals surface area contributed by atoms with E-state index >= 15 is 0 Å². The molecule has 6 heteroatoms. The lowest BCUT2D eigenvalue weighted by atomic mass is 10.1. The van der Waals surface area contributed by atoms with Gasteiger partial charge in [-0.2, -0.15) is 5.26 Å². The minimum absolute atomic E-state index is 0.261. The minimum atomic E-state index is -0.402. The van der Waals surface area contributed by atoms with E-state index in [0.29, 0.717) is 17.1 Å².